The lowest BCUT2D eigenvalue weighted by molar-refractivity contribution is 0.536. The molecule has 90 valence electrons. The molecule has 1 aromatic carbocycles. The minimum absolute atomic E-state index is 0.0893. The fourth-order valence-electron chi connectivity index (χ4n) is 1.04. The van der Waals surface area contributed by atoms with Crippen LogP contribution in [0.15, 0.2) is 23.1 Å². The van der Waals surface area contributed by atoms with Gasteiger partial charge in [-0.1, -0.05) is 13.8 Å². The predicted molar refractivity (Wildman–Crippen MR) is 56.4 cm³/mol. The summed E-state index contributed by atoms with van der Waals surface area (Å²) in [5, 5.41) is 0. The van der Waals surface area contributed by atoms with Crippen LogP contribution in [0.3, 0.4) is 0 Å². The van der Waals surface area contributed by atoms with E-state index < -0.39 is 26.6 Å². The van der Waals surface area contributed by atoms with Crippen LogP contribution in [0.1, 0.15) is 13.8 Å². The highest BCUT2D eigenvalue weighted by atomic mass is 32.2. The van der Waals surface area contributed by atoms with Gasteiger partial charge in [-0.25, -0.2) is 21.9 Å². The van der Waals surface area contributed by atoms with Gasteiger partial charge < -0.3 is 0 Å². The zero-order chi connectivity index (χ0) is 12.3. The van der Waals surface area contributed by atoms with Gasteiger partial charge in [-0.3, -0.25) is 0 Å². The third-order valence-electron chi connectivity index (χ3n) is 1.86. The monoisotopic (exact) mass is 249 g/mol. The zero-order valence-electron chi connectivity index (χ0n) is 9.00. The Hall–Kier alpha value is -1.01. The molecule has 0 atom stereocenters. The van der Waals surface area contributed by atoms with Crippen LogP contribution in [-0.2, 0) is 10.0 Å². The second-order valence-electron chi connectivity index (χ2n) is 3.82. The first-order valence-electron chi connectivity index (χ1n) is 4.77. The first kappa shape index (κ1) is 13.1. The third-order valence-corrected chi connectivity index (χ3v) is 3.30. The zero-order valence-corrected chi connectivity index (χ0v) is 9.81. The number of halogens is 2. The van der Waals surface area contributed by atoms with E-state index >= 15 is 0 Å². The number of hydrogen-bond acceptors (Lipinski definition) is 2. The summed E-state index contributed by atoms with van der Waals surface area (Å²) in [5.74, 6) is -1.66. The molecule has 0 saturated carbocycles. The molecule has 0 unspecified atom stereocenters. The van der Waals surface area contributed by atoms with Gasteiger partial charge in [-0.05, 0) is 24.1 Å². The molecule has 16 heavy (non-hydrogen) atoms. The summed E-state index contributed by atoms with van der Waals surface area (Å²) < 4.78 is 51.4. The van der Waals surface area contributed by atoms with Crippen LogP contribution in [0.4, 0.5) is 8.78 Å². The maximum atomic E-state index is 13.2. The third kappa shape index (κ3) is 3.24. The van der Waals surface area contributed by atoms with Crippen molar-refractivity contribution in [2.24, 2.45) is 5.92 Å². The van der Waals surface area contributed by atoms with Crippen LogP contribution in [-0.4, -0.2) is 15.0 Å². The van der Waals surface area contributed by atoms with Crippen molar-refractivity contribution in [1.82, 2.24) is 4.72 Å². The SMILES string of the molecule is CC(C)CNS(=O)(=O)c1cc(F)ccc1F. The Balaban J connectivity index is 3.02. The maximum Gasteiger partial charge on any atom is 0.243 e. The van der Waals surface area contributed by atoms with Crippen molar-refractivity contribution in [2.45, 2.75) is 18.7 Å². The van der Waals surface area contributed by atoms with Gasteiger partial charge in [0.15, 0.2) is 0 Å². The van der Waals surface area contributed by atoms with E-state index in [1.54, 1.807) is 0 Å². The standard InChI is InChI=1S/C10H13F2NO2S/c1-7(2)6-13-16(14,15)10-5-8(11)3-4-9(10)12/h3-5,7,13H,6H2,1-2H3. The molecule has 6 heteroatoms. The van der Waals surface area contributed by atoms with Crippen molar-refractivity contribution in [3.63, 3.8) is 0 Å². The fraction of sp³-hybridized carbons (Fsp3) is 0.400. The molecule has 0 saturated heterocycles. The molecule has 0 aliphatic rings. The maximum absolute atomic E-state index is 13.2. The van der Waals surface area contributed by atoms with Crippen molar-refractivity contribution in [3.8, 4) is 0 Å². The van der Waals surface area contributed by atoms with Gasteiger partial charge in [0.2, 0.25) is 10.0 Å². The van der Waals surface area contributed by atoms with Crippen LogP contribution in [0.2, 0.25) is 0 Å². The minimum atomic E-state index is -3.97. The second-order valence-corrected chi connectivity index (χ2v) is 5.56. The lowest BCUT2D eigenvalue weighted by atomic mass is 10.2. The molecular weight excluding hydrogens is 236 g/mol. The summed E-state index contributed by atoms with van der Waals surface area (Å²) in [6.07, 6.45) is 0. The smallest absolute Gasteiger partial charge is 0.211 e. The summed E-state index contributed by atoms with van der Waals surface area (Å²) >= 11 is 0. The van der Waals surface area contributed by atoms with E-state index in [9.17, 15) is 17.2 Å². The molecule has 0 aliphatic carbocycles. The molecule has 1 N–H and O–H groups in total. The molecule has 0 heterocycles. The lowest BCUT2D eigenvalue weighted by Gasteiger charge is -2.09. The van der Waals surface area contributed by atoms with Gasteiger partial charge in [0.05, 0.1) is 0 Å². The Morgan fingerprint density at radius 2 is 1.94 bits per heavy atom. The van der Waals surface area contributed by atoms with E-state index in [-0.39, 0.29) is 12.5 Å². The topological polar surface area (TPSA) is 46.2 Å². The molecular formula is C10H13F2NO2S. The Morgan fingerprint density at radius 3 is 2.50 bits per heavy atom. The average Bonchev–Trinajstić information content (AvgIpc) is 2.19. The first-order valence-corrected chi connectivity index (χ1v) is 6.26. The van der Waals surface area contributed by atoms with Gasteiger partial charge in [-0.15, -0.1) is 0 Å². The van der Waals surface area contributed by atoms with Gasteiger partial charge >= 0.3 is 0 Å². The summed E-state index contributed by atoms with van der Waals surface area (Å²) in [4.78, 5) is -0.659. The predicted octanol–water partition coefficient (Wildman–Crippen LogP) is 1.90. The number of rotatable bonds is 4. The Labute approximate surface area is 93.5 Å². The molecule has 1 rings (SSSR count). The molecule has 0 fully saturated rings. The Kier molecular flexibility index (Phi) is 3.98. The van der Waals surface area contributed by atoms with Crippen LogP contribution < -0.4 is 4.72 Å². The molecule has 3 nitrogen and oxygen atoms in total. The summed E-state index contributed by atoms with van der Waals surface area (Å²) in [6.45, 7) is 3.80. The van der Waals surface area contributed by atoms with Crippen LogP contribution in [0.5, 0.6) is 0 Å². The largest absolute Gasteiger partial charge is 0.243 e. The van der Waals surface area contributed by atoms with E-state index in [1.807, 2.05) is 13.8 Å². The van der Waals surface area contributed by atoms with Crippen molar-refractivity contribution in [3.05, 3.63) is 29.8 Å². The number of hydrogen-bond donors (Lipinski definition) is 1. The highest BCUT2D eigenvalue weighted by Gasteiger charge is 2.19. The average molecular weight is 249 g/mol. The normalized spacial score (nSPS) is 12.1. The number of benzene rings is 1. The van der Waals surface area contributed by atoms with Gasteiger partial charge in [-0.2, -0.15) is 0 Å². The van der Waals surface area contributed by atoms with Crippen LogP contribution >= 0.6 is 0 Å². The van der Waals surface area contributed by atoms with Crippen molar-refractivity contribution in [1.29, 1.82) is 0 Å². The molecule has 0 aliphatic heterocycles. The van der Waals surface area contributed by atoms with Crippen molar-refractivity contribution >= 4 is 10.0 Å². The van der Waals surface area contributed by atoms with Gasteiger partial charge in [0.25, 0.3) is 0 Å². The van der Waals surface area contributed by atoms with Gasteiger partial charge in [0.1, 0.15) is 16.5 Å². The molecule has 0 aromatic heterocycles. The number of sulfonamides is 1. The Bertz CT molecular complexity index is 472. The fourth-order valence-corrected chi connectivity index (χ4v) is 2.34. The first-order chi connectivity index (χ1) is 7.33. The Morgan fingerprint density at radius 1 is 1.31 bits per heavy atom. The quantitative estimate of drug-likeness (QED) is 0.885. The summed E-state index contributed by atoms with van der Waals surface area (Å²) in [5.41, 5.74) is 0. The van der Waals surface area contributed by atoms with Gasteiger partial charge in [0, 0.05) is 6.54 Å². The summed E-state index contributed by atoms with van der Waals surface area (Å²) in [6, 6.07) is 2.33. The lowest BCUT2D eigenvalue weighted by Crippen LogP contribution is -2.28. The van der Waals surface area contributed by atoms with Crippen molar-refractivity contribution in [2.75, 3.05) is 6.54 Å². The van der Waals surface area contributed by atoms with Crippen molar-refractivity contribution < 1.29 is 17.2 Å². The van der Waals surface area contributed by atoms with E-state index in [0.29, 0.717) is 6.07 Å². The molecule has 0 radical (unpaired) electrons. The van der Waals surface area contributed by atoms with Crippen LogP contribution in [0.25, 0.3) is 0 Å². The summed E-state index contributed by atoms with van der Waals surface area (Å²) in [7, 11) is -3.97. The number of nitrogens with one attached hydrogen (secondary N) is 1. The molecule has 0 spiro atoms. The molecule has 1 aromatic rings. The molecule has 0 bridgehead atoms. The highest BCUT2D eigenvalue weighted by Crippen LogP contribution is 2.15. The van der Waals surface area contributed by atoms with E-state index in [2.05, 4.69) is 4.72 Å². The van der Waals surface area contributed by atoms with Crippen LogP contribution in [0, 0.1) is 17.6 Å². The molecule has 0 amide bonds. The van der Waals surface area contributed by atoms with E-state index in [1.165, 1.54) is 0 Å². The highest BCUT2D eigenvalue weighted by molar-refractivity contribution is 7.89. The second kappa shape index (κ2) is 4.88. The van der Waals surface area contributed by atoms with E-state index in [0.717, 1.165) is 12.1 Å². The van der Waals surface area contributed by atoms with E-state index in [4.69, 9.17) is 0 Å². The minimum Gasteiger partial charge on any atom is -0.211 e.